The summed E-state index contributed by atoms with van der Waals surface area (Å²) in [6.07, 6.45) is 15.6. The van der Waals surface area contributed by atoms with Gasteiger partial charge in [0, 0.05) is 0 Å². The Balaban J connectivity index is 0. The van der Waals surface area contributed by atoms with Gasteiger partial charge < -0.3 is 0 Å². The second-order valence-electron chi connectivity index (χ2n) is 2.70. The first-order valence-corrected chi connectivity index (χ1v) is 5.71. The summed E-state index contributed by atoms with van der Waals surface area (Å²) in [7, 11) is 0. The standard InChI is InChI=1S/C14H18.C2H6/c1-5-9-12-13(8-4)14(10-6-2)11-7-3;1-2/h5-12H,1-2H2,3-4H3;1-2H3/b11-7+,12-9-,13-8+,14-10+;. The van der Waals surface area contributed by atoms with Crippen molar-refractivity contribution in [2.24, 2.45) is 0 Å². The lowest BCUT2D eigenvalue weighted by atomic mass is 10.0. The lowest BCUT2D eigenvalue weighted by Crippen LogP contribution is -1.81. The van der Waals surface area contributed by atoms with Gasteiger partial charge in [-0.05, 0) is 25.0 Å². The first kappa shape index (κ1) is 16.9. The molecule has 0 aliphatic heterocycles. The molecule has 0 amide bonds. The van der Waals surface area contributed by atoms with E-state index in [1.165, 1.54) is 5.57 Å². The summed E-state index contributed by atoms with van der Waals surface area (Å²) in [6.45, 7) is 15.4. The van der Waals surface area contributed by atoms with Crippen LogP contribution in [0.5, 0.6) is 0 Å². The van der Waals surface area contributed by atoms with Crippen LogP contribution in [0.15, 0.2) is 72.9 Å². The molecule has 0 rings (SSSR count). The van der Waals surface area contributed by atoms with Gasteiger partial charge in [-0.2, -0.15) is 0 Å². The van der Waals surface area contributed by atoms with Crippen LogP contribution in [-0.2, 0) is 0 Å². The van der Waals surface area contributed by atoms with Crippen LogP contribution in [0.2, 0.25) is 0 Å². The Morgan fingerprint density at radius 2 is 1.50 bits per heavy atom. The molecule has 0 bridgehead atoms. The van der Waals surface area contributed by atoms with E-state index in [-0.39, 0.29) is 0 Å². The zero-order chi connectivity index (χ0) is 12.8. The summed E-state index contributed by atoms with van der Waals surface area (Å²) in [5.74, 6) is 0. The summed E-state index contributed by atoms with van der Waals surface area (Å²) < 4.78 is 0. The molecule has 0 saturated carbocycles. The van der Waals surface area contributed by atoms with Crippen LogP contribution in [0.1, 0.15) is 27.7 Å². The van der Waals surface area contributed by atoms with Crippen molar-refractivity contribution in [3.05, 3.63) is 72.9 Å². The molecule has 0 fully saturated rings. The molecule has 0 aromatic rings. The predicted molar refractivity (Wildman–Crippen MR) is 77.5 cm³/mol. The smallest absolute Gasteiger partial charge is 0.0191 e. The fourth-order valence-corrected chi connectivity index (χ4v) is 1.09. The Morgan fingerprint density at radius 3 is 1.88 bits per heavy atom. The third-order valence-corrected chi connectivity index (χ3v) is 1.70. The van der Waals surface area contributed by atoms with E-state index in [4.69, 9.17) is 0 Å². The highest BCUT2D eigenvalue weighted by molar-refractivity contribution is 5.47. The SMILES string of the molecule is C=C\C=C/C(=C\C)C(/C=C/C)=C/C=C.CC. The Labute approximate surface area is 101 Å². The van der Waals surface area contributed by atoms with Crippen LogP contribution in [0.3, 0.4) is 0 Å². The van der Waals surface area contributed by atoms with Gasteiger partial charge in [0.05, 0.1) is 0 Å². The van der Waals surface area contributed by atoms with E-state index < -0.39 is 0 Å². The summed E-state index contributed by atoms with van der Waals surface area (Å²) in [4.78, 5) is 0. The van der Waals surface area contributed by atoms with Crippen molar-refractivity contribution in [1.29, 1.82) is 0 Å². The van der Waals surface area contributed by atoms with Crippen LogP contribution in [0.25, 0.3) is 0 Å². The molecule has 0 nitrogen and oxygen atoms in total. The highest BCUT2D eigenvalue weighted by Gasteiger charge is 1.94. The van der Waals surface area contributed by atoms with Crippen LogP contribution in [-0.4, -0.2) is 0 Å². The van der Waals surface area contributed by atoms with Gasteiger partial charge >= 0.3 is 0 Å². The topological polar surface area (TPSA) is 0 Å². The van der Waals surface area contributed by atoms with E-state index in [2.05, 4.69) is 25.3 Å². The number of rotatable bonds is 5. The maximum Gasteiger partial charge on any atom is -0.0191 e. The highest BCUT2D eigenvalue weighted by atomic mass is 14.0. The van der Waals surface area contributed by atoms with Gasteiger partial charge in [0.2, 0.25) is 0 Å². The molecule has 0 heterocycles. The van der Waals surface area contributed by atoms with E-state index in [1.54, 1.807) is 12.2 Å². The summed E-state index contributed by atoms with van der Waals surface area (Å²) in [5, 5.41) is 0. The molecular weight excluding hydrogens is 192 g/mol. The number of allylic oxidation sites excluding steroid dienone is 10. The van der Waals surface area contributed by atoms with Crippen LogP contribution >= 0.6 is 0 Å². The van der Waals surface area contributed by atoms with Crippen LogP contribution < -0.4 is 0 Å². The average molecular weight is 216 g/mol. The predicted octanol–water partition coefficient (Wildman–Crippen LogP) is 5.39. The van der Waals surface area contributed by atoms with Crippen molar-refractivity contribution in [2.75, 3.05) is 0 Å². The largest absolute Gasteiger partial charge is 0.0991 e. The number of hydrogen-bond donors (Lipinski definition) is 0. The maximum atomic E-state index is 3.70. The quantitative estimate of drug-likeness (QED) is 0.540. The van der Waals surface area contributed by atoms with Crippen LogP contribution in [0, 0.1) is 0 Å². The van der Waals surface area contributed by atoms with Crippen molar-refractivity contribution in [3.63, 3.8) is 0 Å². The number of hydrogen-bond acceptors (Lipinski definition) is 0. The van der Waals surface area contributed by atoms with E-state index >= 15 is 0 Å². The van der Waals surface area contributed by atoms with E-state index in [9.17, 15) is 0 Å². The fraction of sp³-hybridized carbons (Fsp3) is 0.250. The molecule has 0 saturated heterocycles. The summed E-state index contributed by atoms with van der Waals surface area (Å²) in [5.41, 5.74) is 2.33. The van der Waals surface area contributed by atoms with Gasteiger partial charge in [-0.3, -0.25) is 0 Å². The Morgan fingerprint density at radius 1 is 0.875 bits per heavy atom. The van der Waals surface area contributed by atoms with E-state index in [0.717, 1.165) is 5.57 Å². The van der Waals surface area contributed by atoms with Gasteiger partial charge in [-0.1, -0.05) is 75.6 Å². The van der Waals surface area contributed by atoms with E-state index in [0.29, 0.717) is 0 Å². The van der Waals surface area contributed by atoms with Crippen molar-refractivity contribution >= 4 is 0 Å². The highest BCUT2D eigenvalue weighted by Crippen LogP contribution is 2.13. The average Bonchev–Trinajstić information content (AvgIpc) is 2.33. The normalized spacial score (nSPS) is 12.5. The molecule has 0 aromatic carbocycles. The molecule has 0 spiro atoms. The van der Waals surface area contributed by atoms with Crippen molar-refractivity contribution < 1.29 is 0 Å². The fourth-order valence-electron chi connectivity index (χ4n) is 1.09. The van der Waals surface area contributed by atoms with Crippen molar-refractivity contribution in [3.8, 4) is 0 Å². The van der Waals surface area contributed by atoms with Gasteiger partial charge in [0.1, 0.15) is 0 Å². The van der Waals surface area contributed by atoms with Gasteiger partial charge in [-0.25, -0.2) is 0 Å². The molecule has 0 unspecified atom stereocenters. The van der Waals surface area contributed by atoms with Crippen molar-refractivity contribution in [1.82, 2.24) is 0 Å². The molecule has 16 heavy (non-hydrogen) atoms. The molecule has 0 aromatic heterocycles. The Bertz CT molecular complexity index is 296. The second-order valence-corrected chi connectivity index (χ2v) is 2.70. The monoisotopic (exact) mass is 216 g/mol. The molecule has 88 valence electrons. The molecular formula is C16H24. The minimum Gasteiger partial charge on any atom is -0.0991 e. The van der Waals surface area contributed by atoms with E-state index in [1.807, 2.05) is 52.0 Å². The zero-order valence-electron chi connectivity index (χ0n) is 11.0. The Kier molecular flexibility index (Phi) is 14.2. The van der Waals surface area contributed by atoms with Gasteiger partial charge in [0.15, 0.2) is 0 Å². The molecule has 0 N–H and O–H groups in total. The maximum absolute atomic E-state index is 3.70. The van der Waals surface area contributed by atoms with Crippen LogP contribution in [0.4, 0.5) is 0 Å². The van der Waals surface area contributed by atoms with Gasteiger partial charge in [-0.15, -0.1) is 0 Å². The summed E-state index contributed by atoms with van der Waals surface area (Å²) >= 11 is 0. The first-order chi connectivity index (χ1) is 7.79. The molecule has 0 aliphatic rings. The second kappa shape index (κ2) is 13.4. The molecule has 0 heteroatoms. The lowest BCUT2D eigenvalue weighted by molar-refractivity contribution is 1.49. The lowest BCUT2D eigenvalue weighted by Gasteiger charge is -2.01. The minimum absolute atomic E-state index is 1.16. The third-order valence-electron chi connectivity index (χ3n) is 1.70. The summed E-state index contributed by atoms with van der Waals surface area (Å²) in [6, 6.07) is 0. The van der Waals surface area contributed by atoms with Gasteiger partial charge in [0.25, 0.3) is 0 Å². The molecule has 0 radical (unpaired) electrons. The zero-order valence-corrected chi connectivity index (χ0v) is 11.0. The molecule has 0 aliphatic carbocycles. The van der Waals surface area contributed by atoms with Crippen molar-refractivity contribution in [2.45, 2.75) is 27.7 Å². The minimum atomic E-state index is 1.16. The first-order valence-electron chi connectivity index (χ1n) is 5.71. The Hall–Kier alpha value is -1.56. The third kappa shape index (κ3) is 7.81. The molecule has 0 atom stereocenters.